The number of rotatable bonds is 5. The van der Waals surface area contributed by atoms with Crippen LogP contribution in [-0.2, 0) is 17.8 Å². The molecular weight excluding hydrogens is 224 g/mol. The first-order chi connectivity index (χ1) is 8.74. The number of carbonyl (C=O) groups excluding carboxylic acids is 1. The van der Waals surface area contributed by atoms with Crippen LogP contribution in [0.1, 0.15) is 30.9 Å². The molecule has 1 fully saturated rings. The number of likely N-dealkylation sites (tertiary alicyclic amines) is 1. The van der Waals surface area contributed by atoms with Crippen LogP contribution >= 0.6 is 0 Å². The Morgan fingerprint density at radius 2 is 1.78 bits per heavy atom. The minimum absolute atomic E-state index is 0.0423. The Bertz CT molecular complexity index is 380. The van der Waals surface area contributed by atoms with Crippen molar-refractivity contribution in [3.05, 3.63) is 35.4 Å². The summed E-state index contributed by atoms with van der Waals surface area (Å²) in [6.07, 6.45) is 3.59. The lowest BCUT2D eigenvalue weighted by molar-refractivity contribution is -0.118. The third-order valence-corrected chi connectivity index (χ3v) is 3.42. The molecule has 1 aromatic carbocycles. The van der Waals surface area contributed by atoms with E-state index in [-0.39, 0.29) is 5.91 Å². The third kappa shape index (κ3) is 4.15. The van der Waals surface area contributed by atoms with E-state index >= 15 is 0 Å². The van der Waals surface area contributed by atoms with Gasteiger partial charge in [-0.25, -0.2) is 0 Å². The average molecular weight is 246 g/mol. The van der Waals surface area contributed by atoms with Gasteiger partial charge in [-0.2, -0.15) is 0 Å². The highest BCUT2D eigenvalue weighted by Gasteiger charge is 2.11. The fraction of sp³-hybridized carbons (Fsp3) is 0.533. The maximum absolute atomic E-state index is 10.8. The van der Waals surface area contributed by atoms with Crippen molar-refractivity contribution in [2.75, 3.05) is 19.6 Å². The predicted octanol–water partition coefficient (Wildman–Crippen LogP) is 1.96. The molecule has 1 aliphatic rings. The lowest BCUT2D eigenvalue weighted by Crippen LogP contribution is -2.22. The molecule has 1 N–H and O–H groups in total. The molecule has 3 nitrogen and oxygen atoms in total. The molecule has 1 amide bonds. The minimum atomic E-state index is 0.0423. The molecule has 1 aromatic rings. The van der Waals surface area contributed by atoms with Crippen LogP contribution in [0.2, 0.25) is 0 Å². The van der Waals surface area contributed by atoms with Crippen LogP contribution in [0.25, 0.3) is 0 Å². The molecule has 98 valence electrons. The fourth-order valence-corrected chi connectivity index (χ4v) is 2.39. The summed E-state index contributed by atoms with van der Waals surface area (Å²) in [7, 11) is 0. The molecule has 0 spiro atoms. The first-order valence-electron chi connectivity index (χ1n) is 6.78. The average Bonchev–Trinajstić information content (AvgIpc) is 2.84. The van der Waals surface area contributed by atoms with Crippen molar-refractivity contribution in [3.8, 4) is 0 Å². The van der Waals surface area contributed by atoms with Crippen molar-refractivity contribution >= 4 is 5.91 Å². The summed E-state index contributed by atoms with van der Waals surface area (Å²) in [5.74, 6) is 0.0423. The Kier molecular flexibility index (Phi) is 4.76. The van der Waals surface area contributed by atoms with Crippen molar-refractivity contribution in [1.29, 1.82) is 0 Å². The van der Waals surface area contributed by atoms with Gasteiger partial charge < -0.3 is 5.32 Å². The number of benzene rings is 1. The Labute approximate surface area is 109 Å². The molecule has 1 aliphatic heterocycles. The third-order valence-electron chi connectivity index (χ3n) is 3.42. The maximum atomic E-state index is 10.8. The lowest BCUT2D eigenvalue weighted by Gasteiger charge is -2.14. The molecule has 0 radical (unpaired) electrons. The summed E-state index contributed by atoms with van der Waals surface area (Å²) in [5.41, 5.74) is 2.68. The molecule has 0 unspecified atom stereocenters. The summed E-state index contributed by atoms with van der Waals surface area (Å²) >= 11 is 0. The van der Waals surface area contributed by atoms with Crippen LogP contribution < -0.4 is 5.32 Å². The number of carbonyl (C=O) groups is 1. The van der Waals surface area contributed by atoms with Gasteiger partial charge in [0.2, 0.25) is 5.91 Å². The highest BCUT2D eigenvalue weighted by atomic mass is 16.1. The van der Waals surface area contributed by atoms with Crippen molar-refractivity contribution in [2.24, 2.45) is 0 Å². The second-order valence-corrected chi connectivity index (χ2v) is 5.03. The molecule has 3 heteroatoms. The normalized spacial score (nSPS) is 15.8. The SMILES string of the molecule is CC(=O)NCCc1ccc(CN2CCCC2)cc1. The Balaban J connectivity index is 1.79. The van der Waals surface area contributed by atoms with Gasteiger partial charge in [-0.05, 0) is 43.5 Å². The zero-order valence-corrected chi connectivity index (χ0v) is 11.1. The van der Waals surface area contributed by atoms with Crippen molar-refractivity contribution in [1.82, 2.24) is 10.2 Å². The number of hydrogen-bond acceptors (Lipinski definition) is 2. The van der Waals surface area contributed by atoms with Crippen molar-refractivity contribution in [2.45, 2.75) is 32.7 Å². The van der Waals surface area contributed by atoms with E-state index in [2.05, 4.69) is 34.5 Å². The van der Waals surface area contributed by atoms with Gasteiger partial charge in [-0.3, -0.25) is 9.69 Å². The van der Waals surface area contributed by atoms with E-state index in [1.807, 2.05) is 0 Å². The highest BCUT2D eigenvalue weighted by Crippen LogP contribution is 2.13. The Morgan fingerprint density at radius 1 is 1.17 bits per heavy atom. The molecule has 0 aliphatic carbocycles. The van der Waals surface area contributed by atoms with Crippen LogP contribution in [0.5, 0.6) is 0 Å². The standard InChI is InChI=1S/C15H22N2O/c1-13(18)16-9-8-14-4-6-15(7-5-14)12-17-10-2-3-11-17/h4-7H,2-3,8-12H2,1H3,(H,16,18). The Morgan fingerprint density at radius 3 is 2.39 bits per heavy atom. The van der Waals surface area contributed by atoms with E-state index in [1.54, 1.807) is 6.92 Å². The topological polar surface area (TPSA) is 32.3 Å². The molecule has 0 aromatic heterocycles. The van der Waals surface area contributed by atoms with E-state index < -0.39 is 0 Å². The monoisotopic (exact) mass is 246 g/mol. The van der Waals surface area contributed by atoms with Crippen molar-refractivity contribution < 1.29 is 4.79 Å². The predicted molar refractivity (Wildman–Crippen MR) is 73.3 cm³/mol. The number of nitrogens with zero attached hydrogens (tertiary/aromatic N) is 1. The molecule has 0 atom stereocenters. The van der Waals surface area contributed by atoms with E-state index in [1.165, 1.54) is 37.1 Å². The second kappa shape index (κ2) is 6.55. The quantitative estimate of drug-likeness (QED) is 0.861. The van der Waals surface area contributed by atoms with Crippen LogP contribution in [-0.4, -0.2) is 30.4 Å². The summed E-state index contributed by atoms with van der Waals surface area (Å²) in [6, 6.07) is 8.77. The number of nitrogens with one attached hydrogen (secondary N) is 1. The van der Waals surface area contributed by atoms with Gasteiger partial charge in [0.1, 0.15) is 0 Å². The minimum Gasteiger partial charge on any atom is -0.356 e. The van der Waals surface area contributed by atoms with Crippen LogP contribution in [0.15, 0.2) is 24.3 Å². The molecule has 18 heavy (non-hydrogen) atoms. The van der Waals surface area contributed by atoms with Gasteiger partial charge in [-0.1, -0.05) is 24.3 Å². The molecule has 2 rings (SSSR count). The van der Waals surface area contributed by atoms with Crippen LogP contribution in [0, 0.1) is 0 Å². The van der Waals surface area contributed by atoms with E-state index in [0.29, 0.717) is 0 Å². The first kappa shape index (κ1) is 13.1. The highest BCUT2D eigenvalue weighted by molar-refractivity contribution is 5.72. The number of amides is 1. The first-order valence-corrected chi connectivity index (χ1v) is 6.78. The summed E-state index contributed by atoms with van der Waals surface area (Å²) in [4.78, 5) is 13.3. The summed E-state index contributed by atoms with van der Waals surface area (Å²) in [6.45, 7) is 5.83. The van der Waals surface area contributed by atoms with Crippen molar-refractivity contribution in [3.63, 3.8) is 0 Å². The largest absolute Gasteiger partial charge is 0.356 e. The molecule has 0 saturated carbocycles. The van der Waals surface area contributed by atoms with E-state index in [0.717, 1.165) is 19.5 Å². The fourth-order valence-electron chi connectivity index (χ4n) is 2.39. The smallest absolute Gasteiger partial charge is 0.216 e. The Hall–Kier alpha value is -1.35. The summed E-state index contributed by atoms with van der Waals surface area (Å²) < 4.78 is 0. The molecule has 1 saturated heterocycles. The molecule has 0 bridgehead atoms. The molecule has 1 heterocycles. The van der Waals surface area contributed by atoms with Gasteiger partial charge in [-0.15, -0.1) is 0 Å². The lowest BCUT2D eigenvalue weighted by atomic mass is 10.1. The van der Waals surface area contributed by atoms with E-state index in [9.17, 15) is 4.79 Å². The van der Waals surface area contributed by atoms with Gasteiger partial charge in [0, 0.05) is 20.0 Å². The van der Waals surface area contributed by atoms with E-state index in [4.69, 9.17) is 0 Å². The van der Waals surface area contributed by atoms with Gasteiger partial charge >= 0.3 is 0 Å². The number of hydrogen-bond donors (Lipinski definition) is 1. The second-order valence-electron chi connectivity index (χ2n) is 5.03. The summed E-state index contributed by atoms with van der Waals surface area (Å²) in [5, 5.41) is 2.82. The zero-order valence-electron chi connectivity index (χ0n) is 11.1. The van der Waals surface area contributed by atoms with Gasteiger partial charge in [0.25, 0.3) is 0 Å². The van der Waals surface area contributed by atoms with Crippen LogP contribution in [0.3, 0.4) is 0 Å². The molecular formula is C15H22N2O. The van der Waals surface area contributed by atoms with Crippen LogP contribution in [0.4, 0.5) is 0 Å². The zero-order chi connectivity index (χ0) is 12.8. The maximum Gasteiger partial charge on any atom is 0.216 e. The van der Waals surface area contributed by atoms with Gasteiger partial charge in [0.15, 0.2) is 0 Å². The van der Waals surface area contributed by atoms with Gasteiger partial charge in [0.05, 0.1) is 0 Å².